The summed E-state index contributed by atoms with van der Waals surface area (Å²) in [6.45, 7) is 1.50. The zero-order valence-corrected chi connectivity index (χ0v) is 12.9. The summed E-state index contributed by atoms with van der Waals surface area (Å²) in [7, 11) is 2.01. The number of benzene rings is 1. The highest BCUT2D eigenvalue weighted by atomic mass is 16.2. The fraction of sp³-hybridized carbons (Fsp3) is 0.333. The average Bonchev–Trinajstić information content (AvgIpc) is 2.56. The Bertz CT molecular complexity index is 615. The molecule has 0 saturated carbocycles. The second kappa shape index (κ2) is 6.71. The van der Waals surface area contributed by atoms with E-state index in [1.165, 1.54) is 0 Å². The van der Waals surface area contributed by atoms with Gasteiger partial charge in [0.1, 0.15) is 0 Å². The topological polar surface area (TPSA) is 36.4 Å². The van der Waals surface area contributed by atoms with Gasteiger partial charge in [-0.25, -0.2) is 0 Å². The number of carbonyl (C=O) groups is 1. The van der Waals surface area contributed by atoms with Crippen LogP contribution in [0, 0.1) is 0 Å². The first-order chi connectivity index (χ1) is 10.8. The van der Waals surface area contributed by atoms with E-state index in [0.29, 0.717) is 6.54 Å². The van der Waals surface area contributed by atoms with Crippen molar-refractivity contribution in [3.8, 4) is 0 Å². The molecule has 1 atom stereocenters. The third kappa shape index (κ3) is 3.17. The summed E-state index contributed by atoms with van der Waals surface area (Å²) in [4.78, 5) is 21.2. The van der Waals surface area contributed by atoms with Gasteiger partial charge < -0.3 is 4.90 Å². The molecule has 1 amide bonds. The van der Waals surface area contributed by atoms with Gasteiger partial charge in [-0.05, 0) is 44.2 Å². The molecule has 0 radical (unpaired) electrons. The van der Waals surface area contributed by atoms with Gasteiger partial charge in [-0.1, -0.05) is 24.3 Å². The molecule has 2 aromatic rings. The molecule has 0 spiro atoms. The summed E-state index contributed by atoms with van der Waals surface area (Å²) < 4.78 is 0. The SMILES string of the molecule is CN(Cc1ccccn1)C1CCCN(c2ccccc2)C1=O. The highest BCUT2D eigenvalue weighted by molar-refractivity contribution is 5.97. The van der Waals surface area contributed by atoms with Gasteiger partial charge in [0, 0.05) is 25.0 Å². The normalized spacial score (nSPS) is 18.7. The van der Waals surface area contributed by atoms with Crippen molar-refractivity contribution in [1.82, 2.24) is 9.88 Å². The van der Waals surface area contributed by atoms with Crippen LogP contribution in [0.15, 0.2) is 54.7 Å². The van der Waals surface area contributed by atoms with Crippen LogP contribution in [0.2, 0.25) is 0 Å². The van der Waals surface area contributed by atoms with Gasteiger partial charge in [-0.2, -0.15) is 0 Å². The summed E-state index contributed by atoms with van der Waals surface area (Å²) in [5, 5.41) is 0. The minimum absolute atomic E-state index is 0.0732. The number of aromatic nitrogens is 1. The van der Waals surface area contributed by atoms with Crippen LogP contribution < -0.4 is 4.90 Å². The standard InChI is InChI=1S/C18H21N3O/c1-20(14-15-8-5-6-12-19-15)17-11-7-13-21(18(17)22)16-9-3-2-4-10-16/h2-6,8-10,12,17H,7,11,13-14H2,1H3. The van der Waals surface area contributed by atoms with Crippen molar-refractivity contribution in [3.63, 3.8) is 0 Å². The van der Waals surface area contributed by atoms with E-state index >= 15 is 0 Å². The average molecular weight is 295 g/mol. The Labute approximate surface area is 131 Å². The van der Waals surface area contributed by atoms with Gasteiger partial charge in [0.05, 0.1) is 11.7 Å². The molecule has 0 bridgehead atoms. The number of nitrogens with zero attached hydrogens (tertiary/aromatic N) is 3. The first-order valence-electron chi connectivity index (χ1n) is 7.72. The van der Waals surface area contributed by atoms with Crippen molar-refractivity contribution in [1.29, 1.82) is 0 Å². The van der Waals surface area contributed by atoms with Gasteiger partial charge in [0.15, 0.2) is 0 Å². The Balaban J connectivity index is 1.72. The molecular weight excluding hydrogens is 274 g/mol. The molecule has 1 saturated heterocycles. The molecule has 1 fully saturated rings. The number of para-hydroxylation sites is 1. The van der Waals surface area contributed by atoms with E-state index in [4.69, 9.17) is 0 Å². The molecule has 114 valence electrons. The Hall–Kier alpha value is -2.20. The zero-order valence-electron chi connectivity index (χ0n) is 12.9. The van der Waals surface area contributed by atoms with Gasteiger partial charge in [0.25, 0.3) is 0 Å². The molecule has 4 heteroatoms. The van der Waals surface area contributed by atoms with E-state index in [0.717, 1.165) is 30.8 Å². The smallest absolute Gasteiger partial charge is 0.244 e. The number of hydrogen-bond donors (Lipinski definition) is 0. The van der Waals surface area contributed by atoms with E-state index < -0.39 is 0 Å². The quantitative estimate of drug-likeness (QED) is 0.870. The third-order valence-electron chi connectivity index (χ3n) is 4.15. The number of piperidine rings is 1. The van der Waals surface area contributed by atoms with Crippen LogP contribution >= 0.6 is 0 Å². The van der Waals surface area contributed by atoms with E-state index in [1.807, 2.05) is 60.5 Å². The maximum absolute atomic E-state index is 12.8. The molecule has 0 N–H and O–H groups in total. The van der Waals surface area contributed by atoms with Crippen LogP contribution in [0.5, 0.6) is 0 Å². The van der Waals surface area contributed by atoms with Crippen LogP contribution in [0.1, 0.15) is 18.5 Å². The molecule has 4 nitrogen and oxygen atoms in total. The lowest BCUT2D eigenvalue weighted by molar-refractivity contribution is -0.125. The van der Waals surface area contributed by atoms with Gasteiger partial charge in [-0.15, -0.1) is 0 Å². The number of pyridine rings is 1. The number of carbonyl (C=O) groups excluding carboxylic acids is 1. The van der Waals surface area contributed by atoms with Crippen LogP contribution in [0.25, 0.3) is 0 Å². The first-order valence-corrected chi connectivity index (χ1v) is 7.72. The van der Waals surface area contributed by atoms with Gasteiger partial charge in [-0.3, -0.25) is 14.7 Å². The Morgan fingerprint density at radius 3 is 2.68 bits per heavy atom. The molecule has 22 heavy (non-hydrogen) atoms. The molecule has 1 aliphatic heterocycles. The molecule has 1 unspecified atom stereocenters. The summed E-state index contributed by atoms with van der Waals surface area (Å²) in [6, 6.07) is 15.7. The van der Waals surface area contributed by atoms with E-state index in [9.17, 15) is 4.79 Å². The Kier molecular flexibility index (Phi) is 4.49. The van der Waals surface area contributed by atoms with Crippen LogP contribution in [0.3, 0.4) is 0 Å². The largest absolute Gasteiger partial charge is 0.311 e. The van der Waals surface area contributed by atoms with Crippen molar-refractivity contribution in [2.75, 3.05) is 18.5 Å². The predicted molar refractivity (Wildman–Crippen MR) is 87.5 cm³/mol. The van der Waals surface area contributed by atoms with Crippen molar-refractivity contribution < 1.29 is 4.79 Å². The second-order valence-electron chi connectivity index (χ2n) is 5.72. The monoisotopic (exact) mass is 295 g/mol. The first kappa shape index (κ1) is 14.7. The Morgan fingerprint density at radius 2 is 1.95 bits per heavy atom. The number of likely N-dealkylation sites (N-methyl/N-ethyl adjacent to an activating group) is 1. The summed E-state index contributed by atoms with van der Waals surface area (Å²) in [5.41, 5.74) is 1.98. The molecule has 1 aromatic carbocycles. The number of rotatable bonds is 4. The third-order valence-corrected chi connectivity index (χ3v) is 4.15. The summed E-state index contributed by atoms with van der Waals surface area (Å²) in [6.07, 6.45) is 3.73. The zero-order chi connectivity index (χ0) is 15.4. The van der Waals surface area contributed by atoms with Crippen molar-refractivity contribution in [2.45, 2.75) is 25.4 Å². The Morgan fingerprint density at radius 1 is 1.18 bits per heavy atom. The minimum atomic E-state index is -0.0732. The number of amides is 1. The van der Waals surface area contributed by atoms with E-state index in [1.54, 1.807) is 6.20 Å². The molecule has 1 aromatic heterocycles. The van der Waals surface area contributed by atoms with Crippen molar-refractivity contribution in [2.24, 2.45) is 0 Å². The summed E-state index contributed by atoms with van der Waals surface area (Å²) in [5.74, 6) is 0.191. The van der Waals surface area contributed by atoms with Gasteiger partial charge >= 0.3 is 0 Å². The van der Waals surface area contributed by atoms with Crippen LogP contribution in [-0.2, 0) is 11.3 Å². The predicted octanol–water partition coefficient (Wildman–Crippen LogP) is 2.71. The molecular formula is C18H21N3O. The van der Waals surface area contributed by atoms with Crippen LogP contribution in [-0.4, -0.2) is 35.4 Å². The van der Waals surface area contributed by atoms with E-state index in [-0.39, 0.29) is 11.9 Å². The fourth-order valence-corrected chi connectivity index (χ4v) is 2.99. The molecule has 3 rings (SSSR count). The molecule has 1 aliphatic rings. The van der Waals surface area contributed by atoms with Crippen LogP contribution in [0.4, 0.5) is 5.69 Å². The molecule has 0 aliphatic carbocycles. The summed E-state index contributed by atoms with van der Waals surface area (Å²) >= 11 is 0. The van der Waals surface area contributed by atoms with Gasteiger partial charge in [0.2, 0.25) is 5.91 Å². The maximum atomic E-state index is 12.8. The van der Waals surface area contributed by atoms with Crippen molar-refractivity contribution in [3.05, 3.63) is 60.4 Å². The highest BCUT2D eigenvalue weighted by Crippen LogP contribution is 2.23. The number of anilines is 1. The van der Waals surface area contributed by atoms with E-state index in [2.05, 4.69) is 9.88 Å². The lowest BCUT2D eigenvalue weighted by Gasteiger charge is -2.36. The maximum Gasteiger partial charge on any atom is 0.244 e. The fourth-order valence-electron chi connectivity index (χ4n) is 2.99. The highest BCUT2D eigenvalue weighted by Gasteiger charge is 2.32. The lowest BCUT2D eigenvalue weighted by Crippen LogP contribution is -2.51. The molecule has 2 heterocycles. The lowest BCUT2D eigenvalue weighted by atomic mass is 10.0. The minimum Gasteiger partial charge on any atom is -0.311 e. The van der Waals surface area contributed by atoms with Crippen molar-refractivity contribution >= 4 is 11.6 Å². The second-order valence-corrected chi connectivity index (χ2v) is 5.72. The number of hydrogen-bond acceptors (Lipinski definition) is 3.